The van der Waals surface area contributed by atoms with Crippen molar-refractivity contribution < 1.29 is 9.32 Å². The van der Waals surface area contributed by atoms with E-state index in [-0.39, 0.29) is 12.3 Å². The van der Waals surface area contributed by atoms with Crippen molar-refractivity contribution in [2.75, 3.05) is 0 Å². The minimum Gasteiger partial charge on any atom is -0.352 e. The van der Waals surface area contributed by atoms with Crippen LogP contribution in [0.5, 0.6) is 0 Å². The lowest BCUT2D eigenvalue weighted by Crippen LogP contribution is -2.23. The van der Waals surface area contributed by atoms with E-state index in [0.717, 1.165) is 17.7 Å². The van der Waals surface area contributed by atoms with Crippen LogP contribution in [0.25, 0.3) is 11.4 Å². The third-order valence-electron chi connectivity index (χ3n) is 4.57. The molecule has 8 heteroatoms. The molecule has 0 spiro atoms. The second-order valence-corrected chi connectivity index (χ2v) is 7.28. The van der Waals surface area contributed by atoms with Gasteiger partial charge in [-0.2, -0.15) is 4.98 Å². The van der Waals surface area contributed by atoms with Crippen molar-refractivity contribution in [2.45, 2.75) is 25.9 Å². The molecule has 2 aromatic heterocycles. The Balaban J connectivity index is 1.23. The van der Waals surface area contributed by atoms with E-state index < -0.39 is 0 Å². The summed E-state index contributed by atoms with van der Waals surface area (Å²) in [6.45, 7) is 1.25. The maximum atomic E-state index is 12.2. The van der Waals surface area contributed by atoms with Crippen LogP contribution in [0, 0.1) is 0 Å². The van der Waals surface area contributed by atoms with Crippen LogP contribution in [0.3, 0.4) is 0 Å². The molecule has 0 bridgehead atoms. The molecule has 4 aromatic rings. The molecule has 30 heavy (non-hydrogen) atoms. The first-order valence-electron chi connectivity index (χ1n) is 9.54. The van der Waals surface area contributed by atoms with Crippen LogP contribution in [-0.4, -0.2) is 25.6 Å². The van der Waals surface area contributed by atoms with Crippen molar-refractivity contribution in [3.05, 3.63) is 89.3 Å². The number of nitrogens with one attached hydrogen (secondary N) is 1. The lowest BCUT2D eigenvalue weighted by atomic mass is 10.1. The summed E-state index contributed by atoms with van der Waals surface area (Å²) in [4.78, 5) is 20.5. The van der Waals surface area contributed by atoms with Gasteiger partial charge in [-0.05, 0) is 35.4 Å². The number of rotatable bonds is 8. The average molecular weight is 422 g/mol. The molecule has 2 heterocycles. The molecule has 0 unspecified atom stereocenters. The standard InChI is InChI=1S/C22H20ClN5O2/c23-19-7-5-18(6-8-19)22-26-21(30-27-22)10-9-20(29)25-13-16-1-3-17(4-2-16)14-28-12-11-24-15-28/h1-8,11-12,15H,9-10,13-14H2,(H,25,29). The molecule has 0 saturated carbocycles. The van der Waals surface area contributed by atoms with Crippen molar-refractivity contribution in [1.29, 1.82) is 0 Å². The minimum atomic E-state index is -0.0660. The van der Waals surface area contributed by atoms with E-state index in [1.54, 1.807) is 24.7 Å². The van der Waals surface area contributed by atoms with Gasteiger partial charge in [-0.3, -0.25) is 4.79 Å². The van der Waals surface area contributed by atoms with Crippen molar-refractivity contribution in [2.24, 2.45) is 0 Å². The van der Waals surface area contributed by atoms with E-state index in [0.29, 0.717) is 29.7 Å². The zero-order chi connectivity index (χ0) is 20.8. The quantitative estimate of drug-likeness (QED) is 0.466. The number of imidazole rings is 1. The number of benzene rings is 2. The summed E-state index contributed by atoms with van der Waals surface area (Å²) in [5.74, 6) is 0.848. The van der Waals surface area contributed by atoms with Gasteiger partial charge in [0.2, 0.25) is 17.6 Å². The van der Waals surface area contributed by atoms with E-state index in [1.165, 1.54) is 5.56 Å². The Bertz CT molecular complexity index is 1090. The molecule has 2 aromatic carbocycles. The second kappa shape index (κ2) is 9.37. The topological polar surface area (TPSA) is 85.8 Å². The second-order valence-electron chi connectivity index (χ2n) is 6.85. The maximum Gasteiger partial charge on any atom is 0.227 e. The number of hydrogen-bond donors (Lipinski definition) is 1. The van der Waals surface area contributed by atoms with Crippen molar-refractivity contribution in [3.63, 3.8) is 0 Å². The summed E-state index contributed by atoms with van der Waals surface area (Å²) in [5.41, 5.74) is 3.03. The zero-order valence-electron chi connectivity index (χ0n) is 16.2. The lowest BCUT2D eigenvalue weighted by Gasteiger charge is -2.07. The van der Waals surface area contributed by atoms with Crippen LogP contribution in [0.15, 0.2) is 71.8 Å². The highest BCUT2D eigenvalue weighted by Crippen LogP contribution is 2.19. The van der Waals surface area contributed by atoms with E-state index >= 15 is 0 Å². The smallest absolute Gasteiger partial charge is 0.227 e. The van der Waals surface area contributed by atoms with Gasteiger partial charge in [-0.1, -0.05) is 41.0 Å². The molecule has 0 fully saturated rings. The number of carbonyl (C=O) groups is 1. The number of nitrogens with zero attached hydrogens (tertiary/aromatic N) is 4. The molecule has 1 amide bonds. The number of aromatic nitrogens is 4. The number of hydrogen-bond acceptors (Lipinski definition) is 5. The van der Waals surface area contributed by atoms with Gasteiger partial charge in [0.1, 0.15) is 0 Å². The molecule has 4 rings (SSSR count). The Kier molecular flexibility index (Phi) is 6.20. The van der Waals surface area contributed by atoms with Crippen LogP contribution in [0.4, 0.5) is 0 Å². The van der Waals surface area contributed by atoms with Crippen molar-refractivity contribution in [3.8, 4) is 11.4 Å². The molecule has 0 radical (unpaired) electrons. The molecule has 0 aliphatic heterocycles. The number of halogens is 1. The average Bonchev–Trinajstić information content (AvgIpc) is 3.44. The summed E-state index contributed by atoms with van der Waals surface area (Å²) in [5, 5.41) is 7.52. The van der Waals surface area contributed by atoms with Gasteiger partial charge in [-0.25, -0.2) is 4.98 Å². The minimum absolute atomic E-state index is 0.0660. The fraction of sp³-hybridized carbons (Fsp3) is 0.182. The van der Waals surface area contributed by atoms with Crippen LogP contribution < -0.4 is 5.32 Å². The normalized spacial score (nSPS) is 10.8. The van der Waals surface area contributed by atoms with Gasteiger partial charge < -0.3 is 14.4 Å². The predicted octanol–water partition coefficient (Wildman–Crippen LogP) is 3.88. The van der Waals surface area contributed by atoms with Gasteiger partial charge in [0.05, 0.1) is 6.33 Å². The predicted molar refractivity (Wildman–Crippen MR) is 113 cm³/mol. The van der Waals surface area contributed by atoms with Crippen LogP contribution in [0.2, 0.25) is 5.02 Å². The highest BCUT2D eigenvalue weighted by Gasteiger charge is 2.11. The number of carbonyl (C=O) groups excluding carboxylic acids is 1. The molecule has 152 valence electrons. The SMILES string of the molecule is O=C(CCc1nc(-c2ccc(Cl)cc2)no1)NCc1ccc(Cn2ccnc2)cc1. The summed E-state index contributed by atoms with van der Waals surface area (Å²) >= 11 is 5.89. The third-order valence-corrected chi connectivity index (χ3v) is 4.83. The van der Waals surface area contributed by atoms with Crippen molar-refractivity contribution in [1.82, 2.24) is 25.0 Å². The highest BCUT2D eigenvalue weighted by atomic mass is 35.5. The molecule has 0 aliphatic rings. The molecule has 0 aliphatic carbocycles. The molecule has 7 nitrogen and oxygen atoms in total. The Hall–Kier alpha value is -3.45. The lowest BCUT2D eigenvalue weighted by molar-refractivity contribution is -0.121. The molecule has 1 N–H and O–H groups in total. The summed E-state index contributed by atoms with van der Waals surface area (Å²) in [7, 11) is 0. The molecule has 0 saturated heterocycles. The fourth-order valence-electron chi connectivity index (χ4n) is 2.94. The maximum absolute atomic E-state index is 12.2. The Morgan fingerprint density at radius 1 is 1.07 bits per heavy atom. The Morgan fingerprint density at radius 2 is 1.83 bits per heavy atom. The molecular weight excluding hydrogens is 402 g/mol. The van der Waals surface area contributed by atoms with Crippen LogP contribution >= 0.6 is 11.6 Å². The van der Waals surface area contributed by atoms with Crippen LogP contribution in [0.1, 0.15) is 23.4 Å². The first-order chi connectivity index (χ1) is 14.7. The van der Waals surface area contributed by atoms with Gasteiger partial charge in [0.15, 0.2) is 0 Å². The highest BCUT2D eigenvalue weighted by molar-refractivity contribution is 6.30. The summed E-state index contributed by atoms with van der Waals surface area (Å²) in [6, 6.07) is 15.3. The van der Waals surface area contributed by atoms with E-state index in [9.17, 15) is 4.79 Å². The molecule has 0 atom stereocenters. The number of amides is 1. The van der Waals surface area contributed by atoms with E-state index in [4.69, 9.17) is 16.1 Å². The first-order valence-corrected chi connectivity index (χ1v) is 9.92. The Labute approximate surface area is 178 Å². The van der Waals surface area contributed by atoms with E-state index in [2.05, 4.69) is 32.6 Å². The Morgan fingerprint density at radius 3 is 2.57 bits per heavy atom. The largest absolute Gasteiger partial charge is 0.352 e. The van der Waals surface area contributed by atoms with E-state index in [1.807, 2.05) is 35.0 Å². The zero-order valence-corrected chi connectivity index (χ0v) is 16.9. The van der Waals surface area contributed by atoms with Crippen LogP contribution in [-0.2, 0) is 24.3 Å². The van der Waals surface area contributed by atoms with Gasteiger partial charge in [-0.15, -0.1) is 0 Å². The van der Waals surface area contributed by atoms with Gasteiger partial charge in [0.25, 0.3) is 0 Å². The van der Waals surface area contributed by atoms with Gasteiger partial charge >= 0.3 is 0 Å². The third kappa shape index (κ3) is 5.33. The summed E-state index contributed by atoms with van der Waals surface area (Å²) in [6.07, 6.45) is 6.14. The van der Waals surface area contributed by atoms with Crippen molar-refractivity contribution >= 4 is 17.5 Å². The summed E-state index contributed by atoms with van der Waals surface area (Å²) < 4.78 is 7.24. The first kappa shape index (κ1) is 19.8. The molecular formula is C22H20ClN5O2. The monoisotopic (exact) mass is 421 g/mol. The number of aryl methyl sites for hydroxylation is 1. The van der Waals surface area contributed by atoms with Gasteiger partial charge in [0, 0.05) is 48.9 Å². The fourth-order valence-corrected chi connectivity index (χ4v) is 3.06.